The Morgan fingerprint density at radius 2 is 1.60 bits per heavy atom. The number of unbranched alkanes of at least 4 members (excludes halogenated alkanes) is 1. The summed E-state index contributed by atoms with van der Waals surface area (Å²) < 4.78 is 11.0. The molecule has 0 aromatic heterocycles. The van der Waals surface area contributed by atoms with E-state index < -0.39 is 0 Å². The zero-order valence-corrected chi connectivity index (χ0v) is 28.4. The van der Waals surface area contributed by atoms with E-state index >= 15 is 0 Å². The van der Waals surface area contributed by atoms with Crippen LogP contribution in [0.3, 0.4) is 0 Å². The number of hydrogen-bond acceptors (Lipinski definition) is 4. The molecule has 2 aromatic rings. The Morgan fingerprint density at radius 3 is 2.16 bits per heavy atom. The van der Waals surface area contributed by atoms with E-state index in [1.807, 2.05) is 47.5 Å². The second-order valence-corrected chi connectivity index (χ2v) is 11.9. The van der Waals surface area contributed by atoms with Gasteiger partial charge in [0.15, 0.2) is 0 Å². The zero-order chi connectivity index (χ0) is 32.7. The van der Waals surface area contributed by atoms with E-state index in [1.54, 1.807) is 7.11 Å². The summed E-state index contributed by atoms with van der Waals surface area (Å²) in [5, 5.41) is 0. The van der Waals surface area contributed by atoms with Gasteiger partial charge in [-0.3, -0.25) is 4.79 Å². The molecule has 0 N–H and O–H groups in total. The highest BCUT2D eigenvalue weighted by molar-refractivity contribution is 5.84. The average Bonchev–Trinajstić information content (AvgIpc) is 3.03. The van der Waals surface area contributed by atoms with Crippen molar-refractivity contribution in [3.8, 4) is 0 Å². The van der Waals surface area contributed by atoms with Gasteiger partial charge in [-0.1, -0.05) is 121 Å². The zero-order valence-electron chi connectivity index (χ0n) is 28.4. The van der Waals surface area contributed by atoms with Gasteiger partial charge in [0.05, 0.1) is 13.2 Å². The number of hydrogen-bond donors (Lipinski definition) is 0. The van der Waals surface area contributed by atoms with Gasteiger partial charge in [0.25, 0.3) is 0 Å². The maximum absolute atomic E-state index is 12.9. The Kier molecular flexibility index (Phi) is 22.1. The average molecular weight is 593 g/mol. The molecule has 3 rings (SSSR count). The molecule has 1 saturated carbocycles. The van der Waals surface area contributed by atoms with Gasteiger partial charge < -0.3 is 14.3 Å². The summed E-state index contributed by atoms with van der Waals surface area (Å²) in [4.78, 5) is 20.9. The molecule has 1 aliphatic rings. The second-order valence-electron chi connectivity index (χ2n) is 11.9. The third-order valence-electron chi connectivity index (χ3n) is 7.56. The van der Waals surface area contributed by atoms with Gasteiger partial charge >= 0.3 is 0 Å². The number of methoxy groups -OCH3 is 1. The molecule has 0 saturated heterocycles. The molecule has 0 spiro atoms. The van der Waals surface area contributed by atoms with Crippen molar-refractivity contribution in [3.05, 3.63) is 90.0 Å². The molecular weight excluding hydrogens is 532 g/mol. The van der Waals surface area contributed by atoms with E-state index in [9.17, 15) is 4.79 Å². The lowest BCUT2D eigenvalue weighted by Crippen LogP contribution is -2.25. The third kappa shape index (κ3) is 16.0. The van der Waals surface area contributed by atoms with Gasteiger partial charge in [-0.05, 0) is 60.8 Å². The number of carbonyl (C=O) groups excluding carboxylic acids is 2. The van der Waals surface area contributed by atoms with Crippen LogP contribution < -0.4 is 0 Å². The van der Waals surface area contributed by atoms with Crippen molar-refractivity contribution >= 4 is 18.1 Å². The quantitative estimate of drug-likeness (QED) is 0.171. The van der Waals surface area contributed by atoms with E-state index in [4.69, 9.17) is 14.3 Å². The largest absolute Gasteiger partial charge is 0.381 e. The summed E-state index contributed by atoms with van der Waals surface area (Å²) in [6.45, 7) is 24.4. The van der Waals surface area contributed by atoms with Gasteiger partial charge in [0.1, 0.15) is 12.6 Å². The Bertz CT molecular complexity index is 1030. The van der Waals surface area contributed by atoms with Gasteiger partial charge in [-0.25, -0.2) is 0 Å². The number of carbonyl (C=O) groups is 2. The molecule has 43 heavy (non-hydrogen) atoms. The molecule has 1 aliphatic carbocycles. The number of rotatable bonds is 13. The van der Waals surface area contributed by atoms with Crippen LogP contribution in [0.1, 0.15) is 114 Å². The summed E-state index contributed by atoms with van der Waals surface area (Å²) >= 11 is 0. The lowest BCUT2D eigenvalue weighted by molar-refractivity contribution is -0.127. The number of benzene rings is 2. The Labute approximate surface area is 264 Å². The SMILES string of the molecule is C=CCCCOCC(CC(=O)C(C)(C)C)c1ccccc1C(=C)C1CCCCC1.C=O.CC.COCc1ccc(C)cc1. The predicted molar refractivity (Wildman–Crippen MR) is 184 cm³/mol. The van der Waals surface area contributed by atoms with Crippen LogP contribution in [0.15, 0.2) is 67.8 Å². The Hall–Kier alpha value is -2.82. The van der Waals surface area contributed by atoms with Crippen LogP contribution in [0.5, 0.6) is 0 Å². The van der Waals surface area contributed by atoms with Crippen molar-refractivity contribution in [2.24, 2.45) is 11.3 Å². The smallest absolute Gasteiger partial charge is 0.138 e. The minimum Gasteiger partial charge on any atom is -0.381 e. The second kappa shape index (κ2) is 23.6. The Morgan fingerprint density at radius 1 is 1.00 bits per heavy atom. The molecule has 0 radical (unpaired) electrons. The highest BCUT2D eigenvalue weighted by Crippen LogP contribution is 2.38. The van der Waals surface area contributed by atoms with Crippen molar-refractivity contribution in [1.82, 2.24) is 0 Å². The fourth-order valence-corrected chi connectivity index (χ4v) is 5.01. The highest BCUT2D eigenvalue weighted by atomic mass is 16.5. The van der Waals surface area contributed by atoms with Crippen molar-refractivity contribution < 1.29 is 19.1 Å². The Balaban J connectivity index is 0.00000105. The van der Waals surface area contributed by atoms with E-state index in [0.29, 0.717) is 32.2 Å². The van der Waals surface area contributed by atoms with Crippen LogP contribution in [0, 0.1) is 18.3 Å². The topological polar surface area (TPSA) is 52.6 Å². The first-order chi connectivity index (χ1) is 20.7. The molecular formula is C39H60O4. The van der Waals surface area contributed by atoms with Crippen molar-refractivity contribution in [1.29, 1.82) is 0 Å². The summed E-state index contributed by atoms with van der Waals surface area (Å²) in [6.07, 6.45) is 10.8. The molecule has 0 bridgehead atoms. The van der Waals surface area contributed by atoms with Crippen LogP contribution in [-0.2, 0) is 25.7 Å². The number of allylic oxidation sites excluding steroid dienone is 2. The maximum atomic E-state index is 12.9. The molecule has 0 amide bonds. The van der Waals surface area contributed by atoms with E-state index in [0.717, 1.165) is 12.8 Å². The summed E-state index contributed by atoms with van der Waals surface area (Å²) in [5.74, 6) is 0.926. The van der Waals surface area contributed by atoms with E-state index in [-0.39, 0.29) is 17.1 Å². The first-order valence-electron chi connectivity index (χ1n) is 16.0. The van der Waals surface area contributed by atoms with Crippen LogP contribution in [0.2, 0.25) is 0 Å². The highest BCUT2D eigenvalue weighted by Gasteiger charge is 2.28. The van der Waals surface area contributed by atoms with Crippen molar-refractivity contribution in [2.75, 3.05) is 20.3 Å². The minimum absolute atomic E-state index is 0.0713. The van der Waals surface area contributed by atoms with Gasteiger partial charge in [0.2, 0.25) is 0 Å². The lowest BCUT2D eigenvalue weighted by atomic mass is 9.77. The van der Waals surface area contributed by atoms with Crippen molar-refractivity contribution in [2.45, 2.75) is 105 Å². The number of ketones is 1. The molecule has 1 unspecified atom stereocenters. The van der Waals surface area contributed by atoms with Crippen LogP contribution >= 0.6 is 0 Å². The monoisotopic (exact) mass is 592 g/mol. The van der Waals surface area contributed by atoms with Gasteiger partial charge in [-0.2, -0.15) is 0 Å². The fourth-order valence-electron chi connectivity index (χ4n) is 5.01. The normalized spacial score (nSPS) is 13.6. The van der Waals surface area contributed by atoms with Crippen LogP contribution in [0.25, 0.3) is 5.57 Å². The fraction of sp³-hybridized carbons (Fsp3) is 0.538. The molecule has 4 heteroatoms. The molecule has 0 heterocycles. The van der Waals surface area contributed by atoms with E-state index in [1.165, 1.54) is 59.9 Å². The summed E-state index contributed by atoms with van der Waals surface area (Å²) in [5.41, 5.74) is 5.90. The number of ether oxygens (including phenoxy) is 2. The molecule has 2 aromatic carbocycles. The first kappa shape index (κ1) is 40.2. The molecule has 0 aliphatic heterocycles. The molecule has 240 valence electrons. The standard InChI is InChI=1S/C27H40O2.C9H12O.C2H6.CH2O/c1-6-7-13-18-29-20-23(19-26(28)27(3,4)5)25-17-12-11-16-24(25)21(2)22-14-9-8-10-15-22;1-8-3-5-9(6-4-8)7-10-2;2*1-2/h6,11-12,16-17,22-23H,1-2,7-10,13-15,18-20H2,3-5H3;3-6H,7H2,1-2H3;1-2H3;1H2. The predicted octanol–water partition coefficient (Wildman–Crippen LogP) is 10.3. The molecule has 1 fully saturated rings. The number of aryl methyl sites for hydroxylation is 1. The molecule has 4 nitrogen and oxygen atoms in total. The van der Waals surface area contributed by atoms with Gasteiger partial charge in [0, 0.05) is 31.5 Å². The minimum atomic E-state index is -0.337. The van der Waals surface area contributed by atoms with E-state index in [2.05, 4.69) is 68.6 Å². The van der Waals surface area contributed by atoms with Crippen LogP contribution in [0.4, 0.5) is 0 Å². The first-order valence-corrected chi connectivity index (χ1v) is 16.0. The van der Waals surface area contributed by atoms with Crippen molar-refractivity contribution in [3.63, 3.8) is 0 Å². The third-order valence-corrected chi connectivity index (χ3v) is 7.56. The molecule has 1 atom stereocenters. The summed E-state index contributed by atoms with van der Waals surface area (Å²) in [6, 6.07) is 16.9. The number of Topliss-reactive ketones (excluding diaryl/α,β-unsaturated/α-hetero) is 1. The summed E-state index contributed by atoms with van der Waals surface area (Å²) in [7, 11) is 1.71. The maximum Gasteiger partial charge on any atom is 0.138 e. The lowest BCUT2D eigenvalue weighted by Gasteiger charge is -2.28. The van der Waals surface area contributed by atoms with Gasteiger partial charge in [-0.15, -0.1) is 6.58 Å². The van der Waals surface area contributed by atoms with Crippen LogP contribution in [-0.4, -0.2) is 32.9 Å².